The topological polar surface area (TPSA) is 51.2 Å². The molecule has 1 aromatic heterocycles. The van der Waals surface area contributed by atoms with Gasteiger partial charge in [-0.25, -0.2) is 4.79 Å². The molecule has 0 bridgehead atoms. The number of hydrogen-bond donors (Lipinski definition) is 1. The molecule has 21 heavy (non-hydrogen) atoms. The molecule has 0 unspecified atom stereocenters. The first-order chi connectivity index (χ1) is 10.3. The van der Waals surface area contributed by atoms with Gasteiger partial charge in [0.1, 0.15) is 5.75 Å². The number of nitrogens with zero attached hydrogens (tertiary/aromatic N) is 1. The van der Waals surface area contributed by atoms with E-state index in [1.165, 1.54) is 32.1 Å². The zero-order valence-corrected chi connectivity index (χ0v) is 12.0. The third kappa shape index (κ3) is 3.72. The van der Waals surface area contributed by atoms with Crippen LogP contribution in [0.2, 0.25) is 0 Å². The van der Waals surface area contributed by atoms with Crippen LogP contribution in [0, 0.1) is 5.92 Å². The second-order valence-electron chi connectivity index (χ2n) is 5.66. The number of carbonyl (C=O) groups is 1. The van der Waals surface area contributed by atoms with Crippen molar-refractivity contribution < 1.29 is 9.53 Å². The lowest BCUT2D eigenvalue weighted by atomic mass is 9.89. The number of carbonyl (C=O) groups excluding carboxylic acids is 1. The predicted molar refractivity (Wildman–Crippen MR) is 82.3 cm³/mol. The van der Waals surface area contributed by atoms with Crippen LogP contribution in [0.15, 0.2) is 36.7 Å². The summed E-state index contributed by atoms with van der Waals surface area (Å²) in [5.74, 6) is 1.16. The maximum absolute atomic E-state index is 11.8. The van der Waals surface area contributed by atoms with Crippen LogP contribution in [-0.2, 0) is 0 Å². The van der Waals surface area contributed by atoms with Crippen molar-refractivity contribution >= 4 is 16.9 Å². The molecule has 0 spiro atoms. The van der Waals surface area contributed by atoms with Gasteiger partial charge in [0, 0.05) is 24.3 Å². The fraction of sp³-hybridized carbons (Fsp3) is 0.412. The van der Waals surface area contributed by atoms with Crippen molar-refractivity contribution in [3.63, 3.8) is 0 Å². The van der Waals surface area contributed by atoms with Crippen LogP contribution >= 0.6 is 0 Å². The molecule has 1 aliphatic rings. The molecule has 1 fully saturated rings. The summed E-state index contributed by atoms with van der Waals surface area (Å²) in [7, 11) is 0. The summed E-state index contributed by atoms with van der Waals surface area (Å²) in [5.41, 5.74) is 0. The van der Waals surface area contributed by atoms with Gasteiger partial charge in [-0.15, -0.1) is 0 Å². The molecular weight excluding hydrogens is 264 g/mol. The second kappa shape index (κ2) is 6.57. The van der Waals surface area contributed by atoms with Crippen molar-refractivity contribution in [1.82, 2.24) is 10.3 Å². The quantitative estimate of drug-likeness (QED) is 0.929. The maximum Gasteiger partial charge on any atom is 0.412 e. The SMILES string of the molecule is O=C(NCC1CCCCC1)Oc1ccc2ccncc2c1. The van der Waals surface area contributed by atoms with Crippen molar-refractivity contribution in [3.05, 3.63) is 36.7 Å². The van der Waals surface area contributed by atoms with E-state index in [0.29, 0.717) is 18.2 Å². The molecule has 1 saturated carbocycles. The third-order valence-electron chi connectivity index (χ3n) is 4.08. The number of nitrogens with one attached hydrogen (secondary N) is 1. The standard InChI is InChI=1S/C17H20N2O2/c20-17(19-11-13-4-2-1-3-5-13)21-16-7-6-14-8-9-18-12-15(14)10-16/h6-10,12-13H,1-5,11H2,(H,19,20). The molecule has 4 nitrogen and oxygen atoms in total. The average molecular weight is 284 g/mol. The third-order valence-corrected chi connectivity index (χ3v) is 4.08. The zero-order valence-electron chi connectivity index (χ0n) is 12.0. The van der Waals surface area contributed by atoms with Crippen LogP contribution in [0.3, 0.4) is 0 Å². The summed E-state index contributed by atoms with van der Waals surface area (Å²) in [5, 5.41) is 4.92. The first kappa shape index (κ1) is 13.9. The van der Waals surface area contributed by atoms with E-state index in [-0.39, 0.29) is 6.09 Å². The molecule has 0 atom stereocenters. The van der Waals surface area contributed by atoms with E-state index >= 15 is 0 Å². The number of fused-ring (bicyclic) bond motifs is 1. The summed E-state index contributed by atoms with van der Waals surface area (Å²) in [6, 6.07) is 7.51. The Morgan fingerprint density at radius 1 is 1.19 bits per heavy atom. The van der Waals surface area contributed by atoms with Crippen LogP contribution in [0.1, 0.15) is 32.1 Å². The Kier molecular flexibility index (Phi) is 4.34. The van der Waals surface area contributed by atoms with Crippen LogP contribution in [0.4, 0.5) is 4.79 Å². The largest absolute Gasteiger partial charge is 0.412 e. The normalized spacial score (nSPS) is 15.8. The van der Waals surface area contributed by atoms with Gasteiger partial charge in [-0.2, -0.15) is 0 Å². The molecule has 110 valence electrons. The summed E-state index contributed by atoms with van der Waals surface area (Å²) in [6.45, 7) is 0.716. The average Bonchev–Trinajstić information content (AvgIpc) is 2.54. The van der Waals surface area contributed by atoms with Crippen LogP contribution < -0.4 is 10.1 Å². The van der Waals surface area contributed by atoms with E-state index in [0.717, 1.165) is 10.8 Å². The Bertz CT molecular complexity index is 621. The van der Waals surface area contributed by atoms with E-state index in [4.69, 9.17) is 4.74 Å². The van der Waals surface area contributed by atoms with Gasteiger partial charge < -0.3 is 10.1 Å². The number of pyridine rings is 1. The molecule has 0 aliphatic heterocycles. The summed E-state index contributed by atoms with van der Waals surface area (Å²) < 4.78 is 5.34. The highest BCUT2D eigenvalue weighted by molar-refractivity contribution is 5.83. The fourth-order valence-corrected chi connectivity index (χ4v) is 2.89. The molecule has 1 N–H and O–H groups in total. The molecule has 1 amide bonds. The minimum atomic E-state index is -0.371. The number of ether oxygens (including phenoxy) is 1. The lowest BCUT2D eigenvalue weighted by molar-refractivity contribution is 0.196. The van der Waals surface area contributed by atoms with Gasteiger partial charge in [0.25, 0.3) is 0 Å². The van der Waals surface area contributed by atoms with Gasteiger partial charge in [0.05, 0.1) is 0 Å². The second-order valence-corrected chi connectivity index (χ2v) is 5.66. The summed E-state index contributed by atoms with van der Waals surface area (Å²) in [4.78, 5) is 15.9. The van der Waals surface area contributed by atoms with E-state index in [1.807, 2.05) is 24.3 Å². The smallest absolute Gasteiger partial charge is 0.410 e. The molecule has 0 radical (unpaired) electrons. The van der Waals surface area contributed by atoms with Crippen molar-refractivity contribution in [1.29, 1.82) is 0 Å². The first-order valence-corrected chi connectivity index (χ1v) is 7.61. The van der Waals surface area contributed by atoms with Crippen LogP contribution in [0.5, 0.6) is 5.75 Å². The van der Waals surface area contributed by atoms with Gasteiger partial charge in [-0.3, -0.25) is 4.98 Å². The van der Waals surface area contributed by atoms with Crippen molar-refractivity contribution in [3.8, 4) is 5.75 Å². The number of benzene rings is 1. The van der Waals surface area contributed by atoms with Crippen LogP contribution in [0.25, 0.3) is 10.8 Å². The van der Waals surface area contributed by atoms with Gasteiger partial charge >= 0.3 is 6.09 Å². The molecule has 1 heterocycles. The maximum atomic E-state index is 11.8. The lowest BCUT2D eigenvalue weighted by Gasteiger charge is -2.21. The minimum Gasteiger partial charge on any atom is -0.410 e. The highest BCUT2D eigenvalue weighted by Gasteiger charge is 2.14. The Morgan fingerprint density at radius 2 is 2.05 bits per heavy atom. The van der Waals surface area contributed by atoms with Crippen LogP contribution in [-0.4, -0.2) is 17.6 Å². The van der Waals surface area contributed by atoms with E-state index in [2.05, 4.69) is 10.3 Å². The van der Waals surface area contributed by atoms with E-state index in [1.54, 1.807) is 12.4 Å². The summed E-state index contributed by atoms with van der Waals surface area (Å²) >= 11 is 0. The Labute approximate surface area is 124 Å². The fourth-order valence-electron chi connectivity index (χ4n) is 2.89. The van der Waals surface area contributed by atoms with Gasteiger partial charge in [0.15, 0.2) is 0 Å². The van der Waals surface area contributed by atoms with Crippen molar-refractivity contribution in [2.45, 2.75) is 32.1 Å². The molecular formula is C17H20N2O2. The molecule has 4 heteroatoms. The van der Waals surface area contributed by atoms with Crippen molar-refractivity contribution in [2.75, 3.05) is 6.54 Å². The molecule has 0 saturated heterocycles. The first-order valence-electron chi connectivity index (χ1n) is 7.61. The van der Waals surface area contributed by atoms with Gasteiger partial charge in [0.2, 0.25) is 0 Å². The predicted octanol–water partition coefficient (Wildman–Crippen LogP) is 3.90. The van der Waals surface area contributed by atoms with Gasteiger partial charge in [-0.1, -0.05) is 25.3 Å². The Balaban J connectivity index is 1.55. The number of rotatable bonds is 3. The highest BCUT2D eigenvalue weighted by atomic mass is 16.6. The number of amides is 1. The van der Waals surface area contributed by atoms with Crippen molar-refractivity contribution in [2.24, 2.45) is 5.92 Å². The van der Waals surface area contributed by atoms with E-state index < -0.39 is 0 Å². The number of hydrogen-bond acceptors (Lipinski definition) is 3. The molecule has 1 aromatic carbocycles. The Hall–Kier alpha value is -2.10. The van der Waals surface area contributed by atoms with E-state index in [9.17, 15) is 4.79 Å². The number of aromatic nitrogens is 1. The summed E-state index contributed by atoms with van der Waals surface area (Å²) in [6.07, 6.45) is 9.44. The molecule has 1 aliphatic carbocycles. The molecule has 3 rings (SSSR count). The molecule has 2 aromatic rings. The monoisotopic (exact) mass is 284 g/mol. The highest BCUT2D eigenvalue weighted by Crippen LogP contribution is 2.23. The van der Waals surface area contributed by atoms with Gasteiger partial charge in [-0.05, 0) is 42.3 Å². The minimum absolute atomic E-state index is 0.371. The Morgan fingerprint density at radius 3 is 2.90 bits per heavy atom. The lowest BCUT2D eigenvalue weighted by Crippen LogP contribution is -2.32. The zero-order chi connectivity index (χ0) is 14.5.